The number of nitrogens with zero attached hydrogens (tertiary/aromatic N) is 1. The zero-order valence-corrected chi connectivity index (χ0v) is 15.7. The van der Waals surface area contributed by atoms with Crippen LogP contribution in [0.25, 0.3) is 10.9 Å². The summed E-state index contributed by atoms with van der Waals surface area (Å²) in [5.74, 6) is 0.332. The van der Waals surface area contributed by atoms with Gasteiger partial charge in [-0.3, -0.25) is 4.79 Å². The molecule has 1 fully saturated rings. The average molecular weight is 362 g/mol. The molecule has 0 radical (unpaired) electrons. The van der Waals surface area contributed by atoms with Crippen LogP contribution in [0.4, 0.5) is 0 Å². The number of rotatable bonds is 6. The SMILES string of the molecule is CCCCN(C(=O)Cc1c(C)[nH]c2ccccc12)C1CCS(=O)(=O)C1. The minimum absolute atomic E-state index is 0.0309. The molecule has 0 saturated carbocycles. The lowest BCUT2D eigenvalue weighted by atomic mass is 10.1. The summed E-state index contributed by atoms with van der Waals surface area (Å²) < 4.78 is 23.7. The van der Waals surface area contributed by atoms with E-state index >= 15 is 0 Å². The van der Waals surface area contributed by atoms with Gasteiger partial charge in [-0.2, -0.15) is 0 Å². The third-order valence-corrected chi connectivity index (χ3v) is 6.83. The van der Waals surface area contributed by atoms with Gasteiger partial charge in [-0.1, -0.05) is 31.5 Å². The molecule has 136 valence electrons. The Labute approximate surface area is 149 Å². The molecule has 1 amide bonds. The highest BCUT2D eigenvalue weighted by molar-refractivity contribution is 7.91. The van der Waals surface area contributed by atoms with Gasteiger partial charge < -0.3 is 9.88 Å². The number of sulfone groups is 1. The summed E-state index contributed by atoms with van der Waals surface area (Å²) in [5.41, 5.74) is 3.05. The zero-order chi connectivity index (χ0) is 18.0. The number of fused-ring (bicyclic) bond motifs is 1. The highest BCUT2D eigenvalue weighted by Crippen LogP contribution is 2.25. The molecule has 1 aromatic heterocycles. The number of benzene rings is 1. The van der Waals surface area contributed by atoms with E-state index in [1.54, 1.807) is 0 Å². The number of amides is 1. The van der Waals surface area contributed by atoms with Crippen molar-refractivity contribution >= 4 is 26.6 Å². The van der Waals surface area contributed by atoms with Crippen LogP contribution in [0.1, 0.15) is 37.4 Å². The predicted octanol–water partition coefficient (Wildman–Crippen LogP) is 2.83. The number of aromatic nitrogens is 1. The first kappa shape index (κ1) is 18.0. The summed E-state index contributed by atoms with van der Waals surface area (Å²) in [7, 11) is -3.00. The highest BCUT2D eigenvalue weighted by atomic mass is 32.2. The second-order valence-corrected chi connectivity index (χ2v) is 9.18. The molecule has 1 aliphatic rings. The van der Waals surface area contributed by atoms with Gasteiger partial charge in [0.1, 0.15) is 0 Å². The lowest BCUT2D eigenvalue weighted by Gasteiger charge is -2.28. The van der Waals surface area contributed by atoms with Crippen LogP contribution in [-0.4, -0.2) is 48.3 Å². The lowest BCUT2D eigenvalue weighted by Crippen LogP contribution is -2.42. The molecule has 0 spiro atoms. The van der Waals surface area contributed by atoms with E-state index in [0.29, 0.717) is 19.4 Å². The molecule has 1 aliphatic heterocycles. The third kappa shape index (κ3) is 3.89. The molecular formula is C19H26N2O3S. The second kappa shape index (κ2) is 7.20. The van der Waals surface area contributed by atoms with Gasteiger partial charge in [-0.15, -0.1) is 0 Å². The Morgan fingerprint density at radius 3 is 2.76 bits per heavy atom. The minimum atomic E-state index is -3.00. The van der Waals surface area contributed by atoms with Crippen LogP contribution < -0.4 is 0 Å². The number of aryl methyl sites for hydroxylation is 1. The molecule has 2 aromatic rings. The van der Waals surface area contributed by atoms with Crippen molar-refractivity contribution in [1.82, 2.24) is 9.88 Å². The summed E-state index contributed by atoms with van der Waals surface area (Å²) in [5, 5.41) is 1.07. The Hall–Kier alpha value is -1.82. The summed E-state index contributed by atoms with van der Waals surface area (Å²) in [4.78, 5) is 18.2. The van der Waals surface area contributed by atoms with Gasteiger partial charge in [-0.05, 0) is 31.4 Å². The number of hydrogen-bond acceptors (Lipinski definition) is 3. The number of H-pyrrole nitrogens is 1. The maximum atomic E-state index is 13.0. The van der Waals surface area contributed by atoms with Gasteiger partial charge in [-0.25, -0.2) is 8.42 Å². The second-order valence-electron chi connectivity index (χ2n) is 6.95. The minimum Gasteiger partial charge on any atom is -0.358 e. The van der Waals surface area contributed by atoms with Crippen molar-refractivity contribution in [3.05, 3.63) is 35.5 Å². The fraction of sp³-hybridized carbons (Fsp3) is 0.526. The van der Waals surface area contributed by atoms with E-state index in [9.17, 15) is 13.2 Å². The molecule has 0 aliphatic carbocycles. The lowest BCUT2D eigenvalue weighted by molar-refractivity contribution is -0.132. The number of aromatic amines is 1. The molecular weight excluding hydrogens is 336 g/mol. The molecule has 25 heavy (non-hydrogen) atoms. The van der Waals surface area contributed by atoms with Crippen molar-refractivity contribution < 1.29 is 13.2 Å². The quantitative estimate of drug-likeness (QED) is 0.859. The first-order valence-corrected chi connectivity index (χ1v) is 10.8. The van der Waals surface area contributed by atoms with Gasteiger partial charge in [0.05, 0.1) is 17.9 Å². The summed E-state index contributed by atoms with van der Waals surface area (Å²) in [6.45, 7) is 4.70. The average Bonchev–Trinajstić information content (AvgIpc) is 3.08. The highest BCUT2D eigenvalue weighted by Gasteiger charge is 2.34. The van der Waals surface area contributed by atoms with Crippen LogP contribution in [-0.2, 0) is 21.1 Å². The largest absolute Gasteiger partial charge is 0.358 e. The van der Waals surface area contributed by atoms with E-state index in [-0.39, 0.29) is 23.5 Å². The Bertz CT molecular complexity index is 870. The number of para-hydroxylation sites is 1. The van der Waals surface area contributed by atoms with Crippen molar-refractivity contribution in [3.63, 3.8) is 0 Å². The number of unbranched alkanes of at least 4 members (excludes halogenated alkanes) is 1. The topological polar surface area (TPSA) is 70.2 Å². The molecule has 1 unspecified atom stereocenters. The molecule has 1 N–H and O–H groups in total. The van der Waals surface area contributed by atoms with Crippen LogP contribution in [0.15, 0.2) is 24.3 Å². The van der Waals surface area contributed by atoms with E-state index < -0.39 is 9.84 Å². The monoisotopic (exact) mass is 362 g/mol. The van der Waals surface area contributed by atoms with Crippen molar-refractivity contribution in [2.75, 3.05) is 18.1 Å². The number of hydrogen-bond donors (Lipinski definition) is 1. The van der Waals surface area contributed by atoms with Gasteiger partial charge in [0.25, 0.3) is 0 Å². The molecule has 1 atom stereocenters. The Morgan fingerprint density at radius 1 is 1.32 bits per heavy atom. The van der Waals surface area contributed by atoms with E-state index in [0.717, 1.165) is 35.0 Å². The van der Waals surface area contributed by atoms with Crippen LogP contribution in [0.3, 0.4) is 0 Å². The van der Waals surface area contributed by atoms with Gasteiger partial charge >= 0.3 is 0 Å². The van der Waals surface area contributed by atoms with Crippen LogP contribution in [0.2, 0.25) is 0 Å². The fourth-order valence-corrected chi connectivity index (χ4v) is 5.41. The first-order valence-electron chi connectivity index (χ1n) is 8.97. The van der Waals surface area contributed by atoms with Gasteiger partial charge in [0.15, 0.2) is 9.84 Å². The number of carbonyl (C=O) groups is 1. The van der Waals surface area contributed by atoms with Gasteiger partial charge in [0, 0.05) is 29.2 Å². The van der Waals surface area contributed by atoms with Crippen molar-refractivity contribution in [2.24, 2.45) is 0 Å². The molecule has 2 heterocycles. The molecule has 3 rings (SSSR count). The zero-order valence-electron chi connectivity index (χ0n) is 14.9. The Kier molecular flexibility index (Phi) is 5.18. The maximum absolute atomic E-state index is 13.0. The van der Waals surface area contributed by atoms with Gasteiger partial charge in [0.2, 0.25) is 5.91 Å². The third-order valence-electron chi connectivity index (χ3n) is 5.08. The Morgan fingerprint density at radius 2 is 2.08 bits per heavy atom. The van der Waals surface area contributed by atoms with E-state index in [1.165, 1.54) is 0 Å². The van der Waals surface area contributed by atoms with Crippen molar-refractivity contribution in [2.45, 2.75) is 45.6 Å². The molecule has 6 heteroatoms. The normalized spacial score (nSPS) is 19.4. The summed E-state index contributed by atoms with van der Waals surface area (Å²) >= 11 is 0. The van der Waals surface area contributed by atoms with Crippen molar-refractivity contribution in [1.29, 1.82) is 0 Å². The Balaban J connectivity index is 1.83. The van der Waals surface area contributed by atoms with Crippen molar-refractivity contribution in [3.8, 4) is 0 Å². The smallest absolute Gasteiger partial charge is 0.227 e. The van der Waals surface area contributed by atoms with E-state index in [2.05, 4.69) is 11.9 Å². The first-order chi connectivity index (χ1) is 11.9. The number of nitrogens with one attached hydrogen (secondary N) is 1. The standard InChI is InChI=1S/C19H26N2O3S/c1-3-4-10-21(15-9-11-25(23,24)13-15)19(22)12-17-14(2)20-18-8-6-5-7-16(17)18/h5-8,15,20H,3-4,9-13H2,1-2H3. The molecule has 1 saturated heterocycles. The van der Waals surface area contributed by atoms with Crippen LogP contribution in [0.5, 0.6) is 0 Å². The van der Waals surface area contributed by atoms with Crippen LogP contribution in [0, 0.1) is 6.92 Å². The van der Waals surface area contributed by atoms with Crippen LogP contribution >= 0.6 is 0 Å². The molecule has 5 nitrogen and oxygen atoms in total. The predicted molar refractivity (Wildman–Crippen MR) is 100 cm³/mol. The summed E-state index contributed by atoms with van der Waals surface area (Å²) in [6, 6.07) is 7.81. The summed E-state index contributed by atoms with van der Waals surface area (Å²) in [6.07, 6.45) is 2.76. The fourth-order valence-electron chi connectivity index (χ4n) is 3.68. The maximum Gasteiger partial charge on any atom is 0.227 e. The molecule has 0 bridgehead atoms. The van der Waals surface area contributed by atoms with E-state index in [1.807, 2.05) is 36.1 Å². The van der Waals surface area contributed by atoms with E-state index in [4.69, 9.17) is 0 Å². The number of carbonyl (C=O) groups excluding carboxylic acids is 1. The molecule has 1 aromatic carbocycles.